The van der Waals surface area contributed by atoms with E-state index in [4.69, 9.17) is 4.42 Å². The second kappa shape index (κ2) is 9.24. The van der Waals surface area contributed by atoms with Gasteiger partial charge in [0, 0.05) is 26.2 Å². The van der Waals surface area contributed by atoms with Gasteiger partial charge < -0.3 is 9.73 Å². The van der Waals surface area contributed by atoms with Gasteiger partial charge in [-0.15, -0.1) is 24.8 Å². The summed E-state index contributed by atoms with van der Waals surface area (Å²) in [7, 11) is 0. The Morgan fingerprint density at radius 1 is 1.26 bits per heavy atom. The molecule has 3 nitrogen and oxygen atoms in total. The van der Waals surface area contributed by atoms with Crippen LogP contribution in [0.4, 0.5) is 0 Å². The summed E-state index contributed by atoms with van der Waals surface area (Å²) in [5.41, 5.74) is 0. The zero-order valence-corrected chi connectivity index (χ0v) is 14.6. The van der Waals surface area contributed by atoms with Gasteiger partial charge in [-0.1, -0.05) is 13.8 Å². The fraction of sp³-hybridized carbons (Fsp3) is 0.692. The molecule has 1 aromatic heterocycles. The Morgan fingerprint density at radius 3 is 2.37 bits per heavy atom. The smallest absolute Gasteiger partial charge is 0.169 e. The van der Waals surface area contributed by atoms with Crippen LogP contribution < -0.4 is 5.32 Å². The molecule has 112 valence electrons. The van der Waals surface area contributed by atoms with Gasteiger partial charge in [-0.2, -0.15) is 0 Å². The summed E-state index contributed by atoms with van der Waals surface area (Å²) in [5, 5.41) is 3.40. The van der Waals surface area contributed by atoms with E-state index in [0.29, 0.717) is 12.0 Å². The molecule has 0 amide bonds. The summed E-state index contributed by atoms with van der Waals surface area (Å²) < 4.78 is 6.58. The van der Waals surface area contributed by atoms with Gasteiger partial charge in [0.15, 0.2) is 4.67 Å². The number of furan rings is 1. The van der Waals surface area contributed by atoms with E-state index in [9.17, 15) is 0 Å². The summed E-state index contributed by atoms with van der Waals surface area (Å²) in [6.07, 6.45) is 1.15. The fourth-order valence-corrected chi connectivity index (χ4v) is 2.71. The lowest BCUT2D eigenvalue weighted by molar-refractivity contribution is 0.135. The van der Waals surface area contributed by atoms with Crippen LogP contribution in [0.2, 0.25) is 0 Å². The minimum Gasteiger partial charge on any atom is -0.453 e. The van der Waals surface area contributed by atoms with Crippen LogP contribution in [0.5, 0.6) is 0 Å². The monoisotopic (exact) mass is 372 g/mol. The van der Waals surface area contributed by atoms with Gasteiger partial charge in [-0.25, -0.2) is 0 Å². The third-order valence-electron chi connectivity index (χ3n) is 3.21. The van der Waals surface area contributed by atoms with Crippen molar-refractivity contribution in [2.75, 3.05) is 26.2 Å². The number of halogens is 3. The molecule has 1 aliphatic rings. The van der Waals surface area contributed by atoms with Crippen LogP contribution in [0.15, 0.2) is 21.2 Å². The molecule has 0 aliphatic carbocycles. The molecule has 0 spiro atoms. The number of rotatable bonds is 4. The quantitative estimate of drug-likeness (QED) is 0.867. The SMILES string of the molecule is CC(C)C[C@H](c1ccc(Br)o1)N1CCNCC1.Cl.Cl. The third kappa shape index (κ3) is 5.64. The molecule has 1 fully saturated rings. The summed E-state index contributed by atoms with van der Waals surface area (Å²) in [4.78, 5) is 2.53. The van der Waals surface area contributed by atoms with Crippen molar-refractivity contribution in [1.29, 1.82) is 0 Å². The molecule has 2 heterocycles. The highest BCUT2D eigenvalue weighted by Gasteiger charge is 2.25. The van der Waals surface area contributed by atoms with E-state index in [2.05, 4.69) is 46.1 Å². The van der Waals surface area contributed by atoms with Gasteiger partial charge in [0.05, 0.1) is 6.04 Å². The van der Waals surface area contributed by atoms with E-state index in [1.165, 1.54) is 0 Å². The van der Waals surface area contributed by atoms with Crippen LogP contribution >= 0.6 is 40.7 Å². The standard InChI is InChI=1S/C13H21BrN2O.2ClH/c1-10(2)9-11(12-3-4-13(14)17-12)16-7-5-15-6-8-16;;/h3-4,10-11,15H,5-9H2,1-2H3;2*1H/t11-;;/m1../s1. The van der Waals surface area contributed by atoms with Crippen molar-refractivity contribution >= 4 is 40.7 Å². The van der Waals surface area contributed by atoms with Crippen molar-refractivity contribution in [3.8, 4) is 0 Å². The van der Waals surface area contributed by atoms with Crippen molar-refractivity contribution in [2.24, 2.45) is 5.92 Å². The number of hydrogen-bond acceptors (Lipinski definition) is 3. The fourth-order valence-electron chi connectivity index (χ4n) is 2.39. The number of nitrogens with zero attached hydrogens (tertiary/aromatic N) is 1. The number of hydrogen-bond donors (Lipinski definition) is 1. The molecule has 19 heavy (non-hydrogen) atoms. The molecule has 2 rings (SSSR count). The molecule has 0 aromatic carbocycles. The van der Waals surface area contributed by atoms with Crippen LogP contribution in [0.1, 0.15) is 32.1 Å². The normalized spacial score (nSPS) is 17.7. The third-order valence-corrected chi connectivity index (χ3v) is 3.64. The van der Waals surface area contributed by atoms with Gasteiger partial charge in [0.1, 0.15) is 5.76 Å². The lowest BCUT2D eigenvalue weighted by Gasteiger charge is -2.34. The van der Waals surface area contributed by atoms with Crippen molar-refractivity contribution in [3.63, 3.8) is 0 Å². The molecule has 0 radical (unpaired) electrons. The lowest BCUT2D eigenvalue weighted by Crippen LogP contribution is -2.45. The first-order valence-corrected chi connectivity index (χ1v) is 7.16. The molecule has 1 atom stereocenters. The highest BCUT2D eigenvalue weighted by atomic mass is 79.9. The molecule has 1 aromatic rings. The van der Waals surface area contributed by atoms with Gasteiger partial charge in [0.2, 0.25) is 0 Å². The highest BCUT2D eigenvalue weighted by Crippen LogP contribution is 2.30. The maximum absolute atomic E-state index is 5.75. The van der Waals surface area contributed by atoms with E-state index in [1.54, 1.807) is 0 Å². The second-order valence-electron chi connectivity index (χ2n) is 5.07. The minimum atomic E-state index is 0. The summed E-state index contributed by atoms with van der Waals surface area (Å²) >= 11 is 3.39. The zero-order valence-electron chi connectivity index (χ0n) is 11.4. The van der Waals surface area contributed by atoms with Crippen molar-refractivity contribution < 1.29 is 4.42 Å². The van der Waals surface area contributed by atoms with Crippen molar-refractivity contribution in [2.45, 2.75) is 26.3 Å². The summed E-state index contributed by atoms with van der Waals surface area (Å²) in [6, 6.07) is 4.51. The molecule has 6 heteroatoms. The Balaban J connectivity index is 0.00000162. The maximum Gasteiger partial charge on any atom is 0.169 e. The predicted molar refractivity (Wildman–Crippen MR) is 87.5 cm³/mol. The first kappa shape index (κ1) is 19.3. The molecule has 1 N–H and O–H groups in total. The predicted octanol–water partition coefficient (Wildman–Crippen LogP) is 3.88. The number of nitrogens with one attached hydrogen (secondary N) is 1. The molecule has 0 bridgehead atoms. The van der Waals surface area contributed by atoms with Crippen LogP contribution in [-0.2, 0) is 0 Å². The van der Waals surface area contributed by atoms with Gasteiger partial charge in [0.25, 0.3) is 0 Å². The second-order valence-corrected chi connectivity index (χ2v) is 5.85. The summed E-state index contributed by atoms with van der Waals surface area (Å²) in [5.74, 6) is 1.77. The Kier molecular flexibility index (Phi) is 9.37. The minimum absolute atomic E-state index is 0. The Morgan fingerprint density at radius 2 is 1.89 bits per heavy atom. The maximum atomic E-state index is 5.75. The Hall–Kier alpha value is 0.260. The van der Waals surface area contributed by atoms with Crippen molar-refractivity contribution in [3.05, 3.63) is 22.6 Å². The topological polar surface area (TPSA) is 28.4 Å². The average molecular weight is 374 g/mol. The van der Waals surface area contributed by atoms with Crippen LogP contribution in [0, 0.1) is 5.92 Å². The summed E-state index contributed by atoms with van der Waals surface area (Å²) in [6.45, 7) is 8.92. The van der Waals surface area contributed by atoms with E-state index >= 15 is 0 Å². The van der Waals surface area contributed by atoms with E-state index in [-0.39, 0.29) is 24.8 Å². The van der Waals surface area contributed by atoms with Crippen LogP contribution in [0.25, 0.3) is 0 Å². The lowest BCUT2D eigenvalue weighted by atomic mass is 10.00. The largest absolute Gasteiger partial charge is 0.453 e. The Labute approximate surface area is 136 Å². The van der Waals surface area contributed by atoms with E-state index < -0.39 is 0 Å². The highest BCUT2D eigenvalue weighted by molar-refractivity contribution is 9.10. The van der Waals surface area contributed by atoms with Crippen LogP contribution in [0.3, 0.4) is 0 Å². The Bertz CT molecular complexity index is 354. The van der Waals surface area contributed by atoms with E-state index in [0.717, 1.165) is 43.0 Å². The average Bonchev–Trinajstić information content (AvgIpc) is 2.73. The van der Waals surface area contributed by atoms with Crippen molar-refractivity contribution in [1.82, 2.24) is 10.2 Å². The molecule has 1 aliphatic heterocycles. The van der Waals surface area contributed by atoms with Gasteiger partial charge >= 0.3 is 0 Å². The zero-order chi connectivity index (χ0) is 12.3. The van der Waals surface area contributed by atoms with Crippen LogP contribution in [-0.4, -0.2) is 31.1 Å². The first-order chi connectivity index (χ1) is 8.16. The molecule has 0 unspecified atom stereocenters. The van der Waals surface area contributed by atoms with Gasteiger partial charge in [-0.3, -0.25) is 4.90 Å². The van der Waals surface area contributed by atoms with E-state index in [1.807, 2.05) is 6.07 Å². The molecular formula is C13H23BrCl2N2O. The molecular weight excluding hydrogens is 351 g/mol. The van der Waals surface area contributed by atoms with Gasteiger partial charge in [-0.05, 0) is 40.4 Å². The molecule has 0 saturated carbocycles. The molecule has 1 saturated heterocycles. The number of piperazine rings is 1. The first-order valence-electron chi connectivity index (χ1n) is 6.37.